The predicted molar refractivity (Wildman–Crippen MR) is 272 cm³/mol. The number of aromatic nitrogens is 2. The molecule has 9 aromatic rings. The highest BCUT2D eigenvalue weighted by Gasteiger charge is 2.30. The lowest BCUT2D eigenvalue weighted by Gasteiger charge is -2.33. The average Bonchev–Trinajstić information content (AvgIpc) is 3.96. The molecule has 7 aromatic carbocycles. The summed E-state index contributed by atoms with van der Waals surface area (Å²) in [7, 11) is 0. The minimum absolute atomic E-state index is 0.0245. The number of ether oxygens (including phenoxy) is 1. The Morgan fingerprint density at radius 2 is 1.05 bits per heavy atom. The molecule has 0 radical (unpaired) electrons. The number of fused-ring (bicyclic) bond motifs is 3. The summed E-state index contributed by atoms with van der Waals surface area (Å²) >= 11 is 0. The Hall–Kier alpha value is -7.37. The lowest BCUT2D eigenvalue weighted by molar-refractivity contribution is 0.483. The van der Waals surface area contributed by atoms with E-state index in [-0.39, 0.29) is 16.2 Å². The van der Waals surface area contributed by atoms with Gasteiger partial charge in [-0.1, -0.05) is 158 Å². The third-order valence-corrected chi connectivity index (χ3v) is 13.5. The van der Waals surface area contributed by atoms with Crippen molar-refractivity contribution in [3.05, 3.63) is 228 Å². The number of benzene rings is 7. The van der Waals surface area contributed by atoms with Gasteiger partial charge in [-0.3, -0.25) is 4.57 Å². The van der Waals surface area contributed by atoms with Crippen LogP contribution in [0.5, 0.6) is 11.5 Å². The summed E-state index contributed by atoms with van der Waals surface area (Å²) < 4.78 is 9.03. The van der Waals surface area contributed by atoms with E-state index in [0.717, 1.165) is 39.4 Å². The molecule has 0 saturated carbocycles. The molecule has 0 fully saturated rings. The zero-order valence-electron chi connectivity index (χ0n) is 38.5. The van der Waals surface area contributed by atoms with E-state index in [4.69, 9.17) is 9.72 Å². The molecular formula is C60H56N4O. The van der Waals surface area contributed by atoms with Crippen LogP contribution in [0, 0.1) is 0 Å². The SMILES string of the molecule is CC(C)(C)c1ccnc(-n2c3ccc(-c4ccccc4)cc3c3ccc(Oc4cccc(N5C=CN(c6cc(C(C)(C)c7ccccc7)cc(C(C)(C)c7ccccc7)c6)C5)c4)cc32)c1. The smallest absolute Gasteiger partial charge is 0.137 e. The van der Waals surface area contributed by atoms with Crippen molar-refractivity contribution in [2.45, 2.75) is 64.7 Å². The third-order valence-electron chi connectivity index (χ3n) is 13.5. The summed E-state index contributed by atoms with van der Waals surface area (Å²) in [5, 5.41) is 2.32. The second-order valence-electron chi connectivity index (χ2n) is 19.5. The number of nitrogens with zero attached hydrogens (tertiary/aromatic N) is 4. The van der Waals surface area contributed by atoms with Gasteiger partial charge in [0.1, 0.15) is 17.3 Å². The molecule has 5 nitrogen and oxygen atoms in total. The molecule has 0 atom stereocenters. The van der Waals surface area contributed by atoms with Gasteiger partial charge >= 0.3 is 0 Å². The Labute approximate surface area is 383 Å². The fourth-order valence-electron chi connectivity index (χ4n) is 9.29. The van der Waals surface area contributed by atoms with Gasteiger partial charge in [-0.05, 0) is 105 Å². The lowest BCUT2D eigenvalue weighted by Crippen LogP contribution is -2.27. The summed E-state index contributed by atoms with van der Waals surface area (Å²) in [5.41, 5.74) is 12.7. The molecule has 0 bridgehead atoms. The predicted octanol–water partition coefficient (Wildman–Crippen LogP) is 15.3. The molecule has 65 heavy (non-hydrogen) atoms. The van der Waals surface area contributed by atoms with Crippen molar-refractivity contribution < 1.29 is 4.74 Å². The molecular weight excluding hydrogens is 793 g/mol. The highest BCUT2D eigenvalue weighted by Crippen LogP contribution is 2.42. The van der Waals surface area contributed by atoms with Crippen molar-refractivity contribution in [2.75, 3.05) is 16.5 Å². The van der Waals surface area contributed by atoms with Gasteiger partial charge in [0, 0.05) is 63.7 Å². The van der Waals surface area contributed by atoms with Gasteiger partial charge in [-0.2, -0.15) is 0 Å². The van der Waals surface area contributed by atoms with Crippen LogP contribution in [0.25, 0.3) is 38.8 Å². The minimum atomic E-state index is -0.205. The van der Waals surface area contributed by atoms with Gasteiger partial charge < -0.3 is 14.5 Å². The van der Waals surface area contributed by atoms with Crippen molar-refractivity contribution in [3.63, 3.8) is 0 Å². The van der Waals surface area contributed by atoms with Crippen LogP contribution in [0.1, 0.15) is 76.3 Å². The summed E-state index contributed by atoms with van der Waals surface area (Å²) in [4.78, 5) is 9.57. The Morgan fingerprint density at radius 1 is 0.431 bits per heavy atom. The maximum atomic E-state index is 6.75. The number of pyridine rings is 1. The maximum Gasteiger partial charge on any atom is 0.137 e. The van der Waals surface area contributed by atoms with E-state index in [2.05, 4.69) is 251 Å². The van der Waals surface area contributed by atoms with Crippen LogP contribution in [-0.4, -0.2) is 16.2 Å². The minimum Gasteiger partial charge on any atom is -0.457 e. The second-order valence-corrected chi connectivity index (χ2v) is 19.5. The summed E-state index contributed by atoms with van der Waals surface area (Å²) in [6.07, 6.45) is 6.29. The van der Waals surface area contributed by atoms with Gasteiger partial charge in [0.05, 0.1) is 17.7 Å². The van der Waals surface area contributed by atoms with Crippen LogP contribution in [0.3, 0.4) is 0 Å². The van der Waals surface area contributed by atoms with E-state index >= 15 is 0 Å². The molecule has 0 amide bonds. The summed E-state index contributed by atoms with van der Waals surface area (Å²) in [6.45, 7) is 16.7. The topological polar surface area (TPSA) is 33.5 Å². The highest BCUT2D eigenvalue weighted by atomic mass is 16.5. The van der Waals surface area contributed by atoms with Crippen LogP contribution in [0.2, 0.25) is 0 Å². The largest absolute Gasteiger partial charge is 0.457 e. The second kappa shape index (κ2) is 16.3. The van der Waals surface area contributed by atoms with E-state index in [1.165, 1.54) is 50.0 Å². The van der Waals surface area contributed by atoms with E-state index in [0.29, 0.717) is 6.67 Å². The molecule has 10 rings (SSSR count). The first kappa shape index (κ1) is 41.6. The quantitative estimate of drug-likeness (QED) is 0.137. The third kappa shape index (κ3) is 7.97. The fourth-order valence-corrected chi connectivity index (χ4v) is 9.29. The van der Waals surface area contributed by atoms with Gasteiger partial charge in [-0.15, -0.1) is 0 Å². The normalized spacial score (nSPS) is 13.3. The first-order chi connectivity index (χ1) is 31.3. The van der Waals surface area contributed by atoms with Crippen LogP contribution in [0.15, 0.2) is 201 Å². The van der Waals surface area contributed by atoms with E-state index in [1.54, 1.807) is 0 Å². The number of hydrogen-bond acceptors (Lipinski definition) is 4. The highest BCUT2D eigenvalue weighted by molar-refractivity contribution is 6.10. The average molecular weight is 849 g/mol. The maximum absolute atomic E-state index is 6.75. The molecule has 5 heteroatoms. The van der Waals surface area contributed by atoms with E-state index in [9.17, 15) is 0 Å². The van der Waals surface area contributed by atoms with Crippen molar-refractivity contribution in [2.24, 2.45) is 0 Å². The van der Waals surface area contributed by atoms with Crippen molar-refractivity contribution in [3.8, 4) is 28.4 Å². The summed E-state index contributed by atoms with van der Waals surface area (Å²) in [5.74, 6) is 2.42. The molecule has 1 aliphatic rings. The lowest BCUT2D eigenvalue weighted by atomic mass is 9.73. The number of hydrogen-bond donors (Lipinski definition) is 0. The molecule has 0 unspecified atom stereocenters. The van der Waals surface area contributed by atoms with Crippen LogP contribution in [0.4, 0.5) is 11.4 Å². The molecule has 0 aliphatic carbocycles. The van der Waals surface area contributed by atoms with Crippen LogP contribution < -0.4 is 14.5 Å². The molecule has 2 aromatic heterocycles. The fraction of sp³-hybridized carbons (Fsp3) is 0.183. The number of anilines is 2. The first-order valence-corrected chi connectivity index (χ1v) is 22.7. The monoisotopic (exact) mass is 848 g/mol. The van der Waals surface area contributed by atoms with E-state index < -0.39 is 0 Å². The van der Waals surface area contributed by atoms with Crippen molar-refractivity contribution in [1.29, 1.82) is 0 Å². The van der Waals surface area contributed by atoms with Crippen molar-refractivity contribution in [1.82, 2.24) is 9.55 Å². The molecule has 0 saturated heterocycles. The Bertz CT molecular complexity index is 3120. The zero-order chi connectivity index (χ0) is 44.9. The van der Waals surface area contributed by atoms with Gasteiger partial charge in [-0.25, -0.2) is 4.98 Å². The Morgan fingerprint density at radius 3 is 1.69 bits per heavy atom. The standard InChI is InChI=1S/C60H56N4O/c1-58(2,3)46-30-31-61-57(38-46)64-55-29-26-43(42-18-11-8-12-19-42)34-54(55)53-28-27-52(40-56(53)64)65-51-25-17-24-49(39-51)62-32-33-63(41-62)50-36-47(59(4,5)44-20-13-9-14-21-44)35-48(37-50)60(6,7)45-22-15-10-16-23-45/h8-40H,41H2,1-7H3. The molecule has 322 valence electrons. The van der Waals surface area contributed by atoms with Gasteiger partial charge in [0.25, 0.3) is 0 Å². The van der Waals surface area contributed by atoms with Crippen LogP contribution >= 0.6 is 0 Å². The Kier molecular flexibility index (Phi) is 10.5. The number of rotatable bonds is 10. The van der Waals surface area contributed by atoms with Gasteiger partial charge in [0.15, 0.2) is 0 Å². The van der Waals surface area contributed by atoms with E-state index in [1.807, 2.05) is 12.3 Å². The zero-order valence-corrected chi connectivity index (χ0v) is 38.5. The first-order valence-electron chi connectivity index (χ1n) is 22.7. The van der Waals surface area contributed by atoms with Crippen molar-refractivity contribution >= 4 is 33.2 Å². The molecule has 1 aliphatic heterocycles. The molecule has 0 N–H and O–H groups in total. The van der Waals surface area contributed by atoms with Gasteiger partial charge in [0.2, 0.25) is 0 Å². The van der Waals surface area contributed by atoms with Crippen LogP contribution in [-0.2, 0) is 16.2 Å². The molecule has 0 spiro atoms. The Balaban J connectivity index is 0.971. The summed E-state index contributed by atoms with van der Waals surface area (Å²) in [6, 6.07) is 65.4. The molecule has 3 heterocycles.